The smallest absolute Gasteiger partial charge is 0.255 e. The van der Waals surface area contributed by atoms with Gasteiger partial charge in [0.25, 0.3) is 5.91 Å². The minimum atomic E-state index is -0.293. The number of fused-ring (bicyclic) bond motifs is 1. The Bertz CT molecular complexity index is 768. The fourth-order valence-corrected chi connectivity index (χ4v) is 2.47. The van der Waals surface area contributed by atoms with Crippen molar-refractivity contribution in [1.82, 2.24) is 0 Å². The van der Waals surface area contributed by atoms with Crippen LogP contribution in [0.5, 0.6) is 5.75 Å². The number of carbonyl (C=O) groups is 2. The minimum absolute atomic E-state index is 0.00530. The second-order valence-electron chi connectivity index (χ2n) is 5.39. The van der Waals surface area contributed by atoms with E-state index in [-0.39, 0.29) is 17.6 Å². The first-order valence-electron chi connectivity index (χ1n) is 7.07. The summed E-state index contributed by atoms with van der Waals surface area (Å²) in [5.41, 5.74) is 3.49. The molecule has 3 rings (SSSR count). The molecule has 0 saturated heterocycles. The number of aromatic hydroxyl groups is 1. The molecule has 0 spiro atoms. The van der Waals surface area contributed by atoms with Gasteiger partial charge in [0.15, 0.2) is 0 Å². The summed E-state index contributed by atoms with van der Waals surface area (Å²) >= 11 is 0. The molecule has 112 valence electrons. The van der Waals surface area contributed by atoms with Crippen LogP contribution in [0.1, 0.15) is 27.9 Å². The number of carbonyl (C=O) groups excluding carboxylic acids is 2. The third-order valence-electron chi connectivity index (χ3n) is 3.66. The Balaban J connectivity index is 1.82. The number of phenols is 1. The largest absolute Gasteiger partial charge is 0.506 e. The maximum absolute atomic E-state index is 12.3. The summed E-state index contributed by atoms with van der Waals surface area (Å²) in [6.07, 6.45) is 1.05. The molecule has 5 nitrogen and oxygen atoms in total. The van der Waals surface area contributed by atoms with Crippen LogP contribution in [-0.4, -0.2) is 16.9 Å². The van der Waals surface area contributed by atoms with Gasteiger partial charge in [-0.3, -0.25) is 9.59 Å². The van der Waals surface area contributed by atoms with E-state index in [1.165, 1.54) is 0 Å². The van der Waals surface area contributed by atoms with Crippen LogP contribution in [0.25, 0.3) is 0 Å². The molecule has 0 unspecified atom stereocenters. The Kier molecular flexibility index (Phi) is 3.55. The summed E-state index contributed by atoms with van der Waals surface area (Å²) in [7, 11) is 0. The fraction of sp³-hybridized carbons (Fsp3) is 0.176. The van der Waals surface area contributed by atoms with Crippen LogP contribution < -0.4 is 10.6 Å². The van der Waals surface area contributed by atoms with Gasteiger partial charge in [0.1, 0.15) is 5.75 Å². The van der Waals surface area contributed by atoms with Gasteiger partial charge in [-0.1, -0.05) is 6.07 Å². The highest BCUT2D eigenvalue weighted by atomic mass is 16.3. The topological polar surface area (TPSA) is 78.4 Å². The van der Waals surface area contributed by atoms with E-state index >= 15 is 0 Å². The molecule has 0 saturated carbocycles. The Morgan fingerprint density at radius 2 is 2.00 bits per heavy atom. The lowest BCUT2D eigenvalue weighted by molar-refractivity contribution is -0.116. The van der Waals surface area contributed by atoms with Crippen molar-refractivity contribution in [3.63, 3.8) is 0 Å². The van der Waals surface area contributed by atoms with Crippen LogP contribution in [-0.2, 0) is 11.2 Å². The molecule has 0 radical (unpaired) electrons. The van der Waals surface area contributed by atoms with Gasteiger partial charge in [-0.05, 0) is 54.8 Å². The first kappa shape index (κ1) is 14.1. The van der Waals surface area contributed by atoms with Gasteiger partial charge in [0, 0.05) is 17.7 Å². The number of rotatable bonds is 2. The number of phenolic OH excluding ortho intramolecular Hbond substituents is 1. The molecule has 1 aliphatic heterocycles. The van der Waals surface area contributed by atoms with Crippen molar-refractivity contribution in [3.05, 3.63) is 53.1 Å². The molecular formula is C17H16N2O3. The molecule has 1 aliphatic rings. The zero-order chi connectivity index (χ0) is 15.7. The second kappa shape index (κ2) is 5.52. The van der Waals surface area contributed by atoms with E-state index < -0.39 is 0 Å². The summed E-state index contributed by atoms with van der Waals surface area (Å²) in [4.78, 5) is 23.6. The normalized spacial score (nSPS) is 13.2. The number of nitrogens with one attached hydrogen (secondary N) is 2. The standard InChI is InChI=1S/C17H16N2O3/c1-10-2-5-14(15(20)8-10)19-17(22)12-3-6-13-11(9-12)4-7-16(21)18-13/h2-3,5-6,8-9,20H,4,7H2,1H3,(H,18,21)(H,19,22). The molecule has 0 aliphatic carbocycles. The number of aryl methyl sites for hydroxylation is 2. The summed E-state index contributed by atoms with van der Waals surface area (Å²) in [5, 5.41) is 15.3. The third-order valence-corrected chi connectivity index (χ3v) is 3.66. The van der Waals surface area contributed by atoms with E-state index in [0.29, 0.717) is 24.1 Å². The molecule has 2 aromatic rings. The molecule has 22 heavy (non-hydrogen) atoms. The maximum atomic E-state index is 12.3. The summed E-state index contributed by atoms with van der Waals surface area (Å²) in [6, 6.07) is 10.2. The molecule has 0 bridgehead atoms. The van der Waals surface area contributed by atoms with Gasteiger partial charge in [0.2, 0.25) is 5.91 Å². The summed E-state index contributed by atoms with van der Waals surface area (Å²) < 4.78 is 0. The number of benzene rings is 2. The lowest BCUT2D eigenvalue weighted by atomic mass is 10.00. The van der Waals surface area contributed by atoms with Gasteiger partial charge in [-0.2, -0.15) is 0 Å². The van der Waals surface area contributed by atoms with Crippen LogP contribution in [0.2, 0.25) is 0 Å². The van der Waals surface area contributed by atoms with Crippen LogP contribution in [0.4, 0.5) is 11.4 Å². The van der Waals surface area contributed by atoms with Gasteiger partial charge in [-0.25, -0.2) is 0 Å². The van der Waals surface area contributed by atoms with Gasteiger partial charge in [0.05, 0.1) is 5.69 Å². The molecule has 2 amide bonds. The molecule has 0 aromatic heterocycles. The predicted octanol–water partition coefficient (Wildman–Crippen LogP) is 2.84. The number of anilines is 2. The molecule has 0 atom stereocenters. The maximum Gasteiger partial charge on any atom is 0.255 e. The SMILES string of the molecule is Cc1ccc(NC(=O)c2ccc3c(c2)CCC(=O)N3)c(O)c1. The minimum Gasteiger partial charge on any atom is -0.506 e. The summed E-state index contributed by atoms with van der Waals surface area (Å²) in [6.45, 7) is 1.86. The van der Waals surface area contributed by atoms with Crippen LogP contribution in [0.3, 0.4) is 0 Å². The van der Waals surface area contributed by atoms with Crippen molar-refractivity contribution in [2.45, 2.75) is 19.8 Å². The molecule has 2 aromatic carbocycles. The van der Waals surface area contributed by atoms with Crippen molar-refractivity contribution in [2.75, 3.05) is 10.6 Å². The van der Waals surface area contributed by atoms with Crippen molar-refractivity contribution >= 4 is 23.2 Å². The van der Waals surface area contributed by atoms with E-state index in [2.05, 4.69) is 10.6 Å². The van der Waals surface area contributed by atoms with E-state index in [1.807, 2.05) is 13.0 Å². The van der Waals surface area contributed by atoms with Crippen LogP contribution >= 0.6 is 0 Å². The number of hydrogen-bond donors (Lipinski definition) is 3. The fourth-order valence-electron chi connectivity index (χ4n) is 2.47. The average Bonchev–Trinajstić information content (AvgIpc) is 2.49. The zero-order valence-electron chi connectivity index (χ0n) is 12.1. The van der Waals surface area contributed by atoms with Crippen molar-refractivity contribution in [1.29, 1.82) is 0 Å². The van der Waals surface area contributed by atoms with Crippen molar-refractivity contribution < 1.29 is 14.7 Å². The first-order valence-corrected chi connectivity index (χ1v) is 7.07. The predicted molar refractivity (Wildman–Crippen MR) is 84.2 cm³/mol. The van der Waals surface area contributed by atoms with Crippen molar-refractivity contribution in [2.24, 2.45) is 0 Å². The molecular weight excluding hydrogens is 280 g/mol. The molecule has 0 fully saturated rings. The number of hydrogen-bond acceptors (Lipinski definition) is 3. The van der Waals surface area contributed by atoms with Crippen LogP contribution in [0.15, 0.2) is 36.4 Å². The lowest BCUT2D eigenvalue weighted by Crippen LogP contribution is -2.20. The van der Waals surface area contributed by atoms with Gasteiger partial charge in [-0.15, -0.1) is 0 Å². The Morgan fingerprint density at radius 1 is 1.18 bits per heavy atom. The summed E-state index contributed by atoms with van der Waals surface area (Å²) in [5.74, 6) is -0.258. The second-order valence-corrected chi connectivity index (χ2v) is 5.39. The molecule has 5 heteroatoms. The highest BCUT2D eigenvalue weighted by molar-refractivity contribution is 6.06. The Morgan fingerprint density at radius 3 is 2.77 bits per heavy atom. The lowest BCUT2D eigenvalue weighted by Gasteiger charge is -2.17. The Hall–Kier alpha value is -2.82. The average molecular weight is 296 g/mol. The van der Waals surface area contributed by atoms with Gasteiger partial charge < -0.3 is 15.7 Å². The van der Waals surface area contributed by atoms with E-state index in [4.69, 9.17) is 0 Å². The van der Waals surface area contributed by atoms with Crippen LogP contribution in [0, 0.1) is 6.92 Å². The third kappa shape index (κ3) is 2.79. The van der Waals surface area contributed by atoms with E-state index in [9.17, 15) is 14.7 Å². The van der Waals surface area contributed by atoms with Gasteiger partial charge >= 0.3 is 0 Å². The first-order chi connectivity index (χ1) is 10.5. The highest BCUT2D eigenvalue weighted by Gasteiger charge is 2.17. The quantitative estimate of drug-likeness (QED) is 0.746. The highest BCUT2D eigenvalue weighted by Crippen LogP contribution is 2.26. The monoisotopic (exact) mass is 296 g/mol. The number of amides is 2. The zero-order valence-corrected chi connectivity index (χ0v) is 12.1. The Labute approximate surface area is 128 Å². The van der Waals surface area contributed by atoms with Crippen molar-refractivity contribution in [3.8, 4) is 5.75 Å². The van der Waals surface area contributed by atoms with E-state index in [1.54, 1.807) is 30.3 Å². The molecule has 1 heterocycles. The van der Waals surface area contributed by atoms with E-state index in [0.717, 1.165) is 16.8 Å². The molecule has 3 N–H and O–H groups in total.